The van der Waals surface area contributed by atoms with Crippen molar-refractivity contribution >= 4 is 12.3 Å². The van der Waals surface area contributed by atoms with Crippen molar-refractivity contribution in [2.24, 2.45) is 0 Å². The van der Waals surface area contributed by atoms with Crippen LogP contribution in [0.3, 0.4) is 0 Å². The Labute approximate surface area is 101 Å². The van der Waals surface area contributed by atoms with E-state index in [4.69, 9.17) is 14.2 Å². The maximum absolute atomic E-state index is 11.8. The summed E-state index contributed by atoms with van der Waals surface area (Å²) in [7, 11) is 0. The zero-order valence-electron chi connectivity index (χ0n) is 11.0. The molecule has 1 aliphatic heterocycles. The molecule has 0 saturated carbocycles. The zero-order valence-corrected chi connectivity index (χ0v) is 11.0. The van der Waals surface area contributed by atoms with Gasteiger partial charge >= 0.3 is 5.97 Å². The van der Waals surface area contributed by atoms with E-state index in [0.717, 1.165) is 0 Å². The predicted octanol–water partition coefficient (Wildman–Crippen LogP) is 1.44. The van der Waals surface area contributed by atoms with Crippen LogP contribution in [0.5, 0.6) is 0 Å². The van der Waals surface area contributed by atoms with Crippen LogP contribution in [0, 0.1) is 0 Å². The fourth-order valence-electron chi connectivity index (χ4n) is 1.64. The summed E-state index contributed by atoms with van der Waals surface area (Å²) in [5.74, 6) is -1.41. The number of esters is 1. The molecule has 0 spiro atoms. The Balaban J connectivity index is 2.70. The number of aldehydes is 1. The average molecular weight is 244 g/mol. The van der Waals surface area contributed by atoms with E-state index in [1.54, 1.807) is 34.6 Å². The first-order valence-corrected chi connectivity index (χ1v) is 5.67. The van der Waals surface area contributed by atoms with Crippen LogP contribution in [0.2, 0.25) is 0 Å². The fourth-order valence-corrected chi connectivity index (χ4v) is 1.64. The Hall–Kier alpha value is -0.940. The van der Waals surface area contributed by atoms with Gasteiger partial charge in [-0.25, -0.2) is 4.79 Å². The summed E-state index contributed by atoms with van der Waals surface area (Å²) in [6, 6.07) is 0. The molecule has 5 heteroatoms. The summed E-state index contributed by atoms with van der Waals surface area (Å²) in [6.45, 7) is 8.69. The molecule has 17 heavy (non-hydrogen) atoms. The van der Waals surface area contributed by atoms with E-state index < -0.39 is 29.6 Å². The molecule has 2 atom stereocenters. The first kappa shape index (κ1) is 14.1. The first-order chi connectivity index (χ1) is 7.63. The van der Waals surface area contributed by atoms with Crippen LogP contribution in [0.25, 0.3) is 0 Å². The largest absolute Gasteiger partial charge is 0.458 e. The summed E-state index contributed by atoms with van der Waals surface area (Å²) >= 11 is 0. The first-order valence-electron chi connectivity index (χ1n) is 5.67. The van der Waals surface area contributed by atoms with E-state index in [9.17, 15) is 9.59 Å². The molecule has 0 N–H and O–H groups in total. The minimum Gasteiger partial charge on any atom is -0.458 e. The molecule has 0 aromatic rings. The molecule has 5 nitrogen and oxygen atoms in total. The lowest BCUT2D eigenvalue weighted by molar-refractivity contribution is -0.291. The topological polar surface area (TPSA) is 61.8 Å². The number of carbonyl (C=O) groups is 2. The van der Waals surface area contributed by atoms with Gasteiger partial charge in [0.2, 0.25) is 0 Å². The lowest BCUT2D eigenvalue weighted by Gasteiger charge is -2.38. The van der Waals surface area contributed by atoms with Crippen molar-refractivity contribution in [3.05, 3.63) is 0 Å². The highest BCUT2D eigenvalue weighted by Crippen LogP contribution is 2.27. The van der Waals surface area contributed by atoms with Gasteiger partial charge in [-0.1, -0.05) is 0 Å². The van der Waals surface area contributed by atoms with Crippen LogP contribution in [0.4, 0.5) is 0 Å². The molecule has 1 saturated heterocycles. The molecule has 0 aromatic heterocycles. The summed E-state index contributed by atoms with van der Waals surface area (Å²) in [5, 5.41) is 0. The van der Waals surface area contributed by atoms with E-state index in [-0.39, 0.29) is 6.42 Å². The van der Waals surface area contributed by atoms with E-state index in [0.29, 0.717) is 6.29 Å². The minimum atomic E-state index is -0.953. The Morgan fingerprint density at radius 2 is 1.94 bits per heavy atom. The predicted molar refractivity (Wildman–Crippen MR) is 60.4 cm³/mol. The second-order valence-electron chi connectivity index (χ2n) is 5.57. The van der Waals surface area contributed by atoms with Gasteiger partial charge in [0.15, 0.2) is 11.9 Å². The van der Waals surface area contributed by atoms with Crippen molar-refractivity contribution in [3.8, 4) is 0 Å². The van der Waals surface area contributed by atoms with Crippen LogP contribution in [-0.4, -0.2) is 35.9 Å². The van der Waals surface area contributed by atoms with Crippen LogP contribution < -0.4 is 0 Å². The highest BCUT2D eigenvalue weighted by molar-refractivity contribution is 5.76. The lowest BCUT2D eigenvalue weighted by Crippen LogP contribution is -2.49. The SMILES string of the molecule is CC(C)(C)OC(=O)[C@@H]1C[C@@H](C=O)OC(C)(C)O1. The fraction of sp³-hybridized carbons (Fsp3) is 0.833. The quantitative estimate of drug-likeness (QED) is 0.543. The van der Waals surface area contributed by atoms with Crippen molar-refractivity contribution in [2.75, 3.05) is 0 Å². The second-order valence-corrected chi connectivity index (χ2v) is 5.57. The van der Waals surface area contributed by atoms with Crippen LogP contribution in [-0.2, 0) is 23.8 Å². The summed E-state index contributed by atoms with van der Waals surface area (Å²) in [4.78, 5) is 22.6. The molecule has 0 aliphatic carbocycles. The van der Waals surface area contributed by atoms with E-state index in [2.05, 4.69) is 0 Å². The third-order valence-electron chi connectivity index (χ3n) is 2.13. The molecule has 98 valence electrons. The maximum Gasteiger partial charge on any atom is 0.336 e. The Morgan fingerprint density at radius 1 is 1.35 bits per heavy atom. The monoisotopic (exact) mass is 244 g/mol. The van der Waals surface area contributed by atoms with Crippen LogP contribution in [0.15, 0.2) is 0 Å². The summed E-state index contributed by atoms with van der Waals surface area (Å²) in [5.41, 5.74) is -0.570. The van der Waals surface area contributed by atoms with Gasteiger partial charge in [0.25, 0.3) is 0 Å². The Bertz CT molecular complexity index is 303. The molecule has 0 unspecified atom stereocenters. The number of carbonyl (C=O) groups excluding carboxylic acids is 2. The van der Waals surface area contributed by atoms with Crippen molar-refractivity contribution < 1.29 is 23.8 Å². The molecule has 1 aliphatic rings. The van der Waals surface area contributed by atoms with E-state index >= 15 is 0 Å². The normalized spacial score (nSPS) is 28.5. The molecule has 0 bridgehead atoms. The average Bonchev–Trinajstić information content (AvgIpc) is 2.12. The molecular formula is C12H20O5. The van der Waals surface area contributed by atoms with Crippen LogP contribution in [0.1, 0.15) is 41.0 Å². The summed E-state index contributed by atoms with van der Waals surface area (Å²) < 4.78 is 16.0. The molecule has 1 fully saturated rings. The maximum atomic E-state index is 11.8. The number of rotatable bonds is 2. The van der Waals surface area contributed by atoms with Gasteiger partial charge < -0.3 is 19.0 Å². The minimum absolute atomic E-state index is 0.196. The van der Waals surface area contributed by atoms with Crippen molar-refractivity contribution in [2.45, 2.75) is 64.6 Å². The van der Waals surface area contributed by atoms with Gasteiger partial charge in [0, 0.05) is 6.42 Å². The number of hydrogen-bond donors (Lipinski definition) is 0. The van der Waals surface area contributed by atoms with Crippen molar-refractivity contribution in [1.82, 2.24) is 0 Å². The molecule has 0 aromatic carbocycles. The van der Waals surface area contributed by atoms with Gasteiger partial charge in [-0.2, -0.15) is 0 Å². The molecule has 1 rings (SSSR count). The molecule has 0 radical (unpaired) electrons. The number of ether oxygens (including phenoxy) is 3. The third-order valence-corrected chi connectivity index (χ3v) is 2.13. The van der Waals surface area contributed by atoms with Gasteiger partial charge in [-0.05, 0) is 34.6 Å². The third kappa shape index (κ3) is 4.44. The highest BCUT2D eigenvalue weighted by atomic mass is 16.7. The van der Waals surface area contributed by atoms with E-state index in [1.165, 1.54) is 0 Å². The molecule has 1 heterocycles. The van der Waals surface area contributed by atoms with Crippen LogP contribution >= 0.6 is 0 Å². The second kappa shape index (κ2) is 4.74. The Morgan fingerprint density at radius 3 is 2.41 bits per heavy atom. The zero-order chi connectivity index (χ0) is 13.3. The van der Waals surface area contributed by atoms with Gasteiger partial charge in [0.05, 0.1) is 0 Å². The smallest absolute Gasteiger partial charge is 0.336 e. The van der Waals surface area contributed by atoms with Gasteiger partial charge in [0.1, 0.15) is 18.0 Å². The van der Waals surface area contributed by atoms with Crippen molar-refractivity contribution in [1.29, 1.82) is 0 Å². The Kier molecular flexibility index (Phi) is 3.94. The standard InChI is InChI=1S/C12H20O5/c1-11(2,3)17-10(14)9-6-8(7-13)15-12(4,5)16-9/h7-9H,6H2,1-5H3/t8-,9-/m0/s1. The lowest BCUT2D eigenvalue weighted by atomic mass is 10.1. The van der Waals surface area contributed by atoms with Crippen molar-refractivity contribution in [3.63, 3.8) is 0 Å². The molecular weight excluding hydrogens is 224 g/mol. The molecule has 0 amide bonds. The number of hydrogen-bond acceptors (Lipinski definition) is 5. The summed E-state index contributed by atoms with van der Waals surface area (Å²) in [6.07, 6.45) is -0.506. The van der Waals surface area contributed by atoms with Gasteiger partial charge in [-0.3, -0.25) is 0 Å². The van der Waals surface area contributed by atoms with Gasteiger partial charge in [-0.15, -0.1) is 0 Å². The highest BCUT2D eigenvalue weighted by Gasteiger charge is 2.40. The van der Waals surface area contributed by atoms with E-state index in [1.807, 2.05) is 0 Å².